The highest BCUT2D eigenvalue weighted by molar-refractivity contribution is 5.97. The zero-order valence-corrected chi connectivity index (χ0v) is 17.4. The average molecular weight is 419 g/mol. The molecule has 0 saturated carbocycles. The summed E-state index contributed by atoms with van der Waals surface area (Å²) in [6.07, 6.45) is 4.30. The van der Waals surface area contributed by atoms with Crippen LogP contribution in [0.25, 0.3) is 0 Å². The lowest BCUT2D eigenvalue weighted by atomic mass is 9.87. The highest BCUT2D eigenvalue weighted by Gasteiger charge is 2.36. The minimum absolute atomic E-state index is 0.0438. The van der Waals surface area contributed by atoms with Gasteiger partial charge in [0.25, 0.3) is 5.91 Å². The Bertz CT molecular complexity index is 741. The van der Waals surface area contributed by atoms with Crippen molar-refractivity contribution in [1.29, 1.82) is 0 Å². The van der Waals surface area contributed by atoms with Gasteiger partial charge in [0, 0.05) is 38.9 Å². The van der Waals surface area contributed by atoms with E-state index in [-0.39, 0.29) is 30.2 Å². The fraction of sp³-hybridized carbons (Fsp3) is 0.591. The second-order valence-corrected chi connectivity index (χ2v) is 8.00. The van der Waals surface area contributed by atoms with Gasteiger partial charge in [-0.15, -0.1) is 0 Å². The standard InChI is InChI=1S/C22H30FN3O4/c1-30-15-19(27)25-13-9-16(10-14-25)20(22(29)26-11-3-2-4-12-26)24-21(28)17-5-7-18(23)8-6-17/h5-8,16,20H,2-4,9-15H2,1H3,(H,24,28). The van der Waals surface area contributed by atoms with Crippen LogP contribution in [0.2, 0.25) is 0 Å². The maximum absolute atomic E-state index is 13.3. The van der Waals surface area contributed by atoms with Crippen molar-refractivity contribution in [2.45, 2.75) is 38.1 Å². The number of carbonyl (C=O) groups is 3. The summed E-state index contributed by atoms with van der Waals surface area (Å²) in [5, 5.41) is 2.91. The molecular formula is C22H30FN3O4. The monoisotopic (exact) mass is 419 g/mol. The number of piperidine rings is 2. The Kier molecular flexibility index (Phi) is 7.79. The summed E-state index contributed by atoms with van der Waals surface area (Å²) in [7, 11) is 1.49. The van der Waals surface area contributed by atoms with Gasteiger partial charge >= 0.3 is 0 Å². The van der Waals surface area contributed by atoms with E-state index in [1.807, 2.05) is 4.90 Å². The van der Waals surface area contributed by atoms with Gasteiger partial charge in [-0.2, -0.15) is 0 Å². The first kappa shape index (κ1) is 22.2. The number of likely N-dealkylation sites (tertiary alicyclic amines) is 2. The molecule has 1 unspecified atom stereocenters. The van der Waals surface area contributed by atoms with Crippen molar-refractivity contribution in [3.05, 3.63) is 35.6 Å². The van der Waals surface area contributed by atoms with E-state index in [2.05, 4.69) is 5.32 Å². The number of nitrogens with one attached hydrogen (secondary N) is 1. The van der Waals surface area contributed by atoms with Crippen molar-refractivity contribution in [1.82, 2.24) is 15.1 Å². The highest BCUT2D eigenvalue weighted by Crippen LogP contribution is 2.24. The van der Waals surface area contributed by atoms with Crippen LogP contribution in [0.1, 0.15) is 42.5 Å². The molecule has 0 aromatic heterocycles. The van der Waals surface area contributed by atoms with Crippen molar-refractivity contribution in [2.75, 3.05) is 39.9 Å². The Labute approximate surface area is 176 Å². The quantitative estimate of drug-likeness (QED) is 0.763. The van der Waals surface area contributed by atoms with Crippen LogP contribution in [0, 0.1) is 11.7 Å². The Balaban J connectivity index is 1.71. The van der Waals surface area contributed by atoms with E-state index in [4.69, 9.17) is 4.74 Å². The van der Waals surface area contributed by atoms with Crippen molar-refractivity contribution in [2.24, 2.45) is 5.92 Å². The molecule has 2 aliphatic heterocycles. The molecule has 7 nitrogen and oxygen atoms in total. The molecule has 1 aromatic rings. The number of hydrogen-bond donors (Lipinski definition) is 1. The van der Waals surface area contributed by atoms with Gasteiger partial charge in [-0.05, 0) is 62.3 Å². The molecule has 0 bridgehead atoms. The average Bonchev–Trinajstić information content (AvgIpc) is 2.78. The zero-order chi connectivity index (χ0) is 21.5. The zero-order valence-electron chi connectivity index (χ0n) is 17.4. The number of ether oxygens (including phenoxy) is 1. The molecule has 2 heterocycles. The minimum Gasteiger partial charge on any atom is -0.375 e. The molecule has 1 N–H and O–H groups in total. The first-order valence-corrected chi connectivity index (χ1v) is 10.6. The first-order chi connectivity index (χ1) is 14.5. The molecule has 2 fully saturated rings. The number of amides is 3. The normalized spacial score (nSPS) is 18.7. The number of halogens is 1. The van der Waals surface area contributed by atoms with Gasteiger partial charge in [-0.25, -0.2) is 4.39 Å². The van der Waals surface area contributed by atoms with Crippen LogP contribution in [-0.4, -0.2) is 73.5 Å². The van der Waals surface area contributed by atoms with Gasteiger partial charge in [-0.1, -0.05) is 0 Å². The molecule has 3 amide bonds. The van der Waals surface area contributed by atoms with Crippen molar-refractivity contribution in [3.63, 3.8) is 0 Å². The summed E-state index contributed by atoms with van der Waals surface area (Å²) in [5.41, 5.74) is 0.320. The number of carbonyl (C=O) groups excluding carboxylic acids is 3. The van der Waals surface area contributed by atoms with E-state index >= 15 is 0 Å². The van der Waals surface area contributed by atoms with E-state index in [1.165, 1.54) is 31.4 Å². The first-order valence-electron chi connectivity index (χ1n) is 10.6. The number of hydrogen-bond acceptors (Lipinski definition) is 4. The third-order valence-electron chi connectivity index (χ3n) is 5.96. The van der Waals surface area contributed by atoms with Gasteiger partial charge in [0.05, 0.1) is 0 Å². The Morgan fingerprint density at radius 2 is 1.67 bits per heavy atom. The van der Waals surface area contributed by atoms with Gasteiger partial charge in [0.1, 0.15) is 18.5 Å². The molecule has 1 atom stereocenters. The molecular weight excluding hydrogens is 389 g/mol. The van der Waals surface area contributed by atoms with Crippen LogP contribution in [0.3, 0.4) is 0 Å². The van der Waals surface area contributed by atoms with Gasteiger partial charge in [0.15, 0.2) is 0 Å². The second kappa shape index (κ2) is 10.5. The number of nitrogens with zero attached hydrogens (tertiary/aromatic N) is 2. The van der Waals surface area contributed by atoms with Crippen LogP contribution in [0.15, 0.2) is 24.3 Å². The predicted octanol–water partition coefficient (Wildman–Crippen LogP) is 1.82. The second-order valence-electron chi connectivity index (χ2n) is 8.00. The Morgan fingerprint density at radius 3 is 2.27 bits per heavy atom. The minimum atomic E-state index is -0.652. The summed E-state index contributed by atoms with van der Waals surface area (Å²) < 4.78 is 18.1. The van der Waals surface area contributed by atoms with Crippen molar-refractivity contribution in [3.8, 4) is 0 Å². The van der Waals surface area contributed by atoms with Crippen LogP contribution in [-0.2, 0) is 14.3 Å². The molecule has 8 heteroatoms. The lowest BCUT2D eigenvalue weighted by molar-refractivity contribution is -0.138. The van der Waals surface area contributed by atoms with E-state index in [0.29, 0.717) is 44.6 Å². The SMILES string of the molecule is COCC(=O)N1CCC(C(NC(=O)c2ccc(F)cc2)C(=O)N2CCCCC2)CC1. The molecule has 0 spiro atoms. The number of benzene rings is 1. The van der Waals surface area contributed by atoms with Crippen LogP contribution >= 0.6 is 0 Å². The molecule has 2 aliphatic rings. The number of methoxy groups -OCH3 is 1. The Hall–Kier alpha value is -2.48. The lowest BCUT2D eigenvalue weighted by Crippen LogP contribution is -2.55. The predicted molar refractivity (Wildman–Crippen MR) is 109 cm³/mol. The number of rotatable bonds is 6. The topological polar surface area (TPSA) is 79.0 Å². The molecule has 0 radical (unpaired) electrons. The summed E-state index contributed by atoms with van der Waals surface area (Å²) in [4.78, 5) is 41.7. The van der Waals surface area contributed by atoms with E-state index in [1.54, 1.807) is 4.90 Å². The summed E-state index contributed by atoms with van der Waals surface area (Å²) >= 11 is 0. The van der Waals surface area contributed by atoms with Crippen molar-refractivity contribution < 1.29 is 23.5 Å². The smallest absolute Gasteiger partial charge is 0.251 e. The molecule has 1 aromatic carbocycles. The van der Waals surface area contributed by atoms with Gasteiger partial charge < -0.3 is 19.9 Å². The van der Waals surface area contributed by atoms with E-state index < -0.39 is 11.9 Å². The molecule has 3 rings (SSSR count). The van der Waals surface area contributed by atoms with Gasteiger partial charge in [-0.3, -0.25) is 14.4 Å². The summed E-state index contributed by atoms with van der Waals surface area (Å²) in [5.74, 6) is -0.990. The fourth-order valence-electron chi connectivity index (χ4n) is 4.22. The third kappa shape index (κ3) is 5.56. The van der Waals surface area contributed by atoms with Crippen molar-refractivity contribution >= 4 is 17.7 Å². The van der Waals surface area contributed by atoms with E-state index in [0.717, 1.165) is 19.3 Å². The summed E-state index contributed by atoms with van der Waals surface area (Å²) in [6.45, 7) is 2.51. The lowest BCUT2D eigenvalue weighted by Gasteiger charge is -2.38. The Morgan fingerprint density at radius 1 is 1.03 bits per heavy atom. The highest BCUT2D eigenvalue weighted by atomic mass is 19.1. The molecule has 2 saturated heterocycles. The van der Waals surface area contributed by atoms with E-state index in [9.17, 15) is 18.8 Å². The molecule has 164 valence electrons. The van der Waals surface area contributed by atoms with Gasteiger partial charge in [0.2, 0.25) is 11.8 Å². The summed E-state index contributed by atoms with van der Waals surface area (Å²) in [6, 6.07) is 4.64. The maximum atomic E-state index is 13.3. The fourth-order valence-corrected chi connectivity index (χ4v) is 4.22. The molecule has 0 aliphatic carbocycles. The third-order valence-corrected chi connectivity index (χ3v) is 5.96. The van der Waals surface area contributed by atoms with Crippen LogP contribution in [0.5, 0.6) is 0 Å². The largest absolute Gasteiger partial charge is 0.375 e. The van der Waals surface area contributed by atoms with Crippen LogP contribution < -0.4 is 5.32 Å². The molecule has 30 heavy (non-hydrogen) atoms. The maximum Gasteiger partial charge on any atom is 0.251 e. The van der Waals surface area contributed by atoms with Crippen LogP contribution in [0.4, 0.5) is 4.39 Å².